The first-order valence-corrected chi connectivity index (χ1v) is 7.87. The van der Waals surface area contributed by atoms with Gasteiger partial charge in [0.15, 0.2) is 0 Å². The molecule has 128 valence electrons. The lowest BCUT2D eigenvalue weighted by molar-refractivity contribution is -0.142. The maximum Gasteiger partial charge on any atom is 0.306 e. The number of methoxy groups -OCH3 is 1. The highest BCUT2D eigenvalue weighted by Gasteiger charge is 2.08. The van der Waals surface area contributed by atoms with E-state index in [4.69, 9.17) is 0 Å². The molecule has 0 fully saturated rings. The first-order valence-electron chi connectivity index (χ1n) is 7.87. The number of hydrogen-bond donors (Lipinski definition) is 2. The first kappa shape index (κ1) is 17.7. The highest BCUT2D eigenvalue weighted by molar-refractivity contribution is 5.83. The zero-order valence-electron chi connectivity index (χ0n) is 14.2. The van der Waals surface area contributed by atoms with E-state index in [0.29, 0.717) is 18.5 Å². The van der Waals surface area contributed by atoms with E-state index < -0.39 is 5.97 Å². The van der Waals surface area contributed by atoms with Crippen molar-refractivity contribution in [3.8, 4) is 0 Å². The second kappa shape index (κ2) is 7.77. The van der Waals surface area contributed by atoms with Crippen molar-refractivity contribution in [2.45, 2.75) is 33.1 Å². The second-order valence-corrected chi connectivity index (χ2v) is 5.84. The molecule has 0 unspecified atom stereocenters. The summed E-state index contributed by atoms with van der Waals surface area (Å²) in [6.07, 6.45) is 0.569. The lowest BCUT2D eigenvalue weighted by Gasteiger charge is -2.08. The summed E-state index contributed by atoms with van der Waals surface area (Å²) in [7, 11) is 1.29. The smallest absolute Gasteiger partial charge is 0.306 e. The third-order valence-electron chi connectivity index (χ3n) is 3.89. The fourth-order valence-corrected chi connectivity index (χ4v) is 2.64. The van der Waals surface area contributed by atoms with E-state index >= 15 is 0 Å². The fourth-order valence-electron chi connectivity index (χ4n) is 2.64. The lowest BCUT2D eigenvalue weighted by Crippen LogP contribution is -2.27. The third kappa shape index (κ3) is 4.44. The normalized spacial score (nSPS) is 10.6. The van der Waals surface area contributed by atoms with Gasteiger partial charge in [-0.05, 0) is 43.5 Å². The number of amides is 1. The monoisotopic (exact) mass is 330 g/mol. The molecule has 0 aliphatic rings. The molecule has 1 aromatic carbocycles. The van der Waals surface area contributed by atoms with Crippen molar-refractivity contribution in [2.75, 3.05) is 13.7 Å². The number of aromatic nitrogens is 1. The van der Waals surface area contributed by atoms with Crippen molar-refractivity contribution in [3.05, 3.63) is 45.2 Å². The van der Waals surface area contributed by atoms with Crippen LogP contribution in [0.15, 0.2) is 23.0 Å². The molecule has 1 aromatic heterocycles. The Labute approximate surface area is 140 Å². The van der Waals surface area contributed by atoms with Crippen molar-refractivity contribution in [1.29, 1.82) is 0 Å². The molecule has 0 spiro atoms. The molecule has 0 aliphatic carbocycles. The second-order valence-electron chi connectivity index (χ2n) is 5.84. The number of fused-ring (bicyclic) bond motifs is 1. The van der Waals surface area contributed by atoms with Crippen LogP contribution < -0.4 is 10.9 Å². The molecule has 6 nitrogen and oxygen atoms in total. The number of aromatic amines is 1. The van der Waals surface area contributed by atoms with Gasteiger partial charge in [0.25, 0.3) is 5.56 Å². The molecule has 0 aliphatic heterocycles. The minimum Gasteiger partial charge on any atom is -0.469 e. The van der Waals surface area contributed by atoms with Crippen LogP contribution >= 0.6 is 0 Å². The molecule has 24 heavy (non-hydrogen) atoms. The van der Waals surface area contributed by atoms with Crippen molar-refractivity contribution >= 4 is 22.8 Å². The number of pyridine rings is 1. The van der Waals surface area contributed by atoms with E-state index in [1.54, 1.807) is 0 Å². The van der Waals surface area contributed by atoms with Gasteiger partial charge in [0.2, 0.25) is 5.91 Å². The van der Waals surface area contributed by atoms with Crippen LogP contribution in [0.4, 0.5) is 0 Å². The van der Waals surface area contributed by atoms with E-state index in [-0.39, 0.29) is 24.3 Å². The van der Waals surface area contributed by atoms with Gasteiger partial charge in [-0.1, -0.05) is 6.07 Å². The Morgan fingerprint density at radius 1 is 1.17 bits per heavy atom. The van der Waals surface area contributed by atoms with Gasteiger partial charge >= 0.3 is 5.97 Å². The molecule has 2 aromatic rings. The van der Waals surface area contributed by atoms with Gasteiger partial charge in [0, 0.05) is 29.4 Å². The summed E-state index contributed by atoms with van der Waals surface area (Å²) in [6.45, 7) is 4.34. The Morgan fingerprint density at radius 3 is 2.62 bits per heavy atom. The molecule has 1 heterocycles. The van der Waals surface area contributed by atoms with Gasteiger partial charge in [-0.15, -0.1) is 0 Å². The number of aryl methyl sites for hydroxylation is 2. The SMILES string of the molecule is COC(=O)CCC(=O)NCCc1cc2c(C)cc(C)cc2[nH]c1=O. The Hall–Kier alpha value is -2.63. The predicted octanol–water partition coefficient (Wildman–Crippen LogP) is 1.76. The third-order valence-corrected chi connectivity index (χ3v) is 3.89. The van der Waals surface area contributed by atoms with Gasteiger partial charge < -0.3 is 15.0 Å². The van der Waals surface area contributed by atoms with Crippen LogP contribution in [0.25, 0.3) is 10.9 Å². The van der Waals surface area contributed by atoms with Gasteiger partial charge in [-0.25, -0.2) is 0 Å². The molecule has 0 saturated carbocycles. The number of carbonyl (C=O) groups excluding carboxylic acids is 2. The maximum absolute atomic E-state index is 12.2. The van der Waals surface area contributed by atoms with E-state index in [1.807, 2.05) is 26.0 Å². The minimum absolute atomic E-state index is 0.0530. The molecule has 1 amide bonds. The Morgan fingerprint density at radius 2 is 1.92 bits per heavy atom. The summed E-state index contributed by atoms with van der Waals surface area (Å²) in [5, 5.41) is 3.72. The van der Waals surface area contributed by atoms with Crippen molar-refractivity contribution in [1.82, 2.24) is 10.3 Å². The zero-order chi connectivity index (χ0) is 17.7. The zero-order valence-corrected chi connectivity index (χ0v) is 14.2. The number of rotatable bonds is 6. The van der Waals surface area contributed by atoms with E-state index in [0.717, 1.165) is 22.0 Å². The molecule has 0 radical (unpaired) electrons. The summed E-state index contributed by atoms with van der Waals surface area (Å²) >= 11 is 0. The van der Waals surface area contributed by atoms with Crippen molar-refractivity contribution in [2.24, 2.45) is 0 Å². The summed E-state index contributed by atoms with van der Waals surface area (Å²) in [5.41, 5.74) is 3.51. The van der Waals surface area contributed by atoms with Crippen LogP contribution in [0.5, 0.6) is 0 Å². The highest BCUT2D eigenvalue weighted by atomic mass is 16.5. The van der Waals surface area contributed by atoms with Crippen LogP contribution in [-0.2, 0) is 20.7 Å². The molecule has 0 bridgehead atoms. The number of hydrogen-bond acceptors (Lipinski definition) is 4. The van der Waals surface area contributed by atoms with Crippen LogP contribution in [0.2, 0.25) is 0 Å². The number of ether oxygens (including phenoxy) is 1. The molecule has 2 N–H and O–H groups in total. The van der Waals surface area contributed by atoms with E-state index in [9.17, 15) is 14.4 Å². The van der Waals surface area contributed by atoms with E-state index in [2.05, 4.69) is 21.1 Å². The highest BCUT2D eigenvalue weighted by Crippen LogP contribution is 2.18. The molecular formula is C18H22N2O4. The molecule has 0 atom stereocenters. The molecular weight excluding hydrogens is 308 g/mol. The number of H-pyrrole nitrogens is 1. The Kier molecular flexibility index (Phi) is 5.73. The van der Waals surface area contributed by atoms with Crippen LogP contribution in [0, 0.1) is 13.8 Å². The quantitative estimate of drug-likeness (QED) is 0.790. The number of esters is 1. The summed E-state index contributed by atoms with van der Waals surface area (Å²) < 4.78 is 4.49. The number of nitrogens with one attached hydrogen (secondary N) is 2. The average molecular weight is 330 g/mol. The van der Waals surface area contributed by atoms with Crippen LogP contribution in [-0.4, -0.2) is 30.5 Å². The van der Waals surface area contributed by atoms with Gasteiger partial charge in [-0.3, -0.25) is 14.4 Å². The van der Waals surface area contributed by atoms with Crippen molar-refractivity contribution in [3.63, 3.8) is 0 Å². The molecule has 2 rings (SSSR count). The van der Waals surface area contributed by atoms with Crippen LogP contribution in [0.1, 0.15) is 29.5 Å². The average Bonchev–Trinajstić information content (AvgIpc) is 2.53. The summed E-state index contributed by atoms with van der Waals surface area (Å²) in [5.74, 6) is -0.647. The lowest BCUT2D eigenvalue weighted by atomic mass is 10.0. The van der Waals surface area contributed by atoms with Gasteiger partial charge in [-0.2, -0.15) is 0 Å². The largest absolute Gasteiger partial charge is 0.469 e. The maximum atomic E-state index is 12.2. The first-order chi connectivity index (χ1) is 11.4. The minimum atomic E-state index is -0.415. The van der Waals surface area contributed by atoms with Crippen molar-refractivity contribution < 1.29 is 14.3 Å². The summed E-state index contributed by atoms with van der Waals surface area (Å²) in [4.78, 5) is 37.7. The fraction of sp³-hybridized carbons (Fsp3) is 0.389. The van der Waals surface area contributed by atoms with Gasteiger partial charge in [0.05, 0.1) is 13.5 Å². The predicted molar refractivity (Wildman–Crippen MR) is 92.0 cm³/mol. The molecule has 0 saturated heterocycles. The summed E-state index contributed by atoms with van der Waals surface area (Å²) in [6, 6.07) is 5.89. The number of benzene rings is 1. The van der Waals surface area contributed by atoms with E-state index in [1.165, 1.54) is 7.11 Å². The van der Waals surface area contributed by atoms with Crippen LogP contribution in [0.3, 0.4) is 0 Å². The molecule has 6 heteroatoms. The Bertz CT molecular complexity index is 824. The Balaban J connectivity index is 2.00. The standard InChI is InChI=1S/C18H22N2O4/c1-11-8-12(2)14-10-13(18(23)20-15(14)9-11)6-7-19-16(21)4-5-17(22)24-3/h8-10H,4-7H2,1-3H3,(H,19,21)(H,20,23). The topological polar surface area (TPSA) is 88.3 Å². The number of carbonyl (C=O) groups is 2. The van der Waals surface area contributed by atoms with Gasteiger partial charge in [0.1, 0.15) is 0 Å².